The second-order valence-electron chi connectivity index (χ2n) is 13.8. The number of hydrogen-bond acceptors (Lipinski definition) is 9. The summed E-state index contributed by atoms with van der Waals surface area (Å²) >= 11 is 1.18. The molecular formula is C37H44N10O6S. The first-order chi connectivity index (χ1) is 25.7. The third kappa shape index (κ3) is 9.50. The van der Waals surface area contributed by atoms with Crippen molar-refractivity contribution < 1.29 is 28.8 Å². The second-order valence-corrected chi connectivity index (χ2v) is 14.7. The lowest BCUT2D eigenvalue weighted by molar-refractivity contribution is -0.138. The summed E-state index contributed by atoms with van der Waals surface area (Å²) in [7, 11) is 2.96. The summed E-state index contributed by atoms with van der Waals surface area (Å²) in [6, 6.07) is 8.21. The number of H-pyrrole nitrogens is 2. The van der Waals surface area contributed by atoms with Gasteiger partial charge in [0.05, 0.1) is 24.7 Å². The molecule has 54 heavy (non-hydrogen) atoms. The number of nitrogens with one attached hydrogen (secondary N) is 5. The molecule has 3 atom stereocenters. The number of aromatic nitrogens is 3. The third-order valence-corrected chi connectivity index (χ3v) is 10.0. The van der Waals surface area contributed by atoms with Crippen LogP contribution in [0.1, 0.15) is 70.3 Å². The fraction of sp³-hybridized carbons (Fsp3) is 0.405. The van der Waals surface area contributed by atoms with Crippen LogP contribution in [0.5, 0.6) is 0 Å². The minimum atomic E-state index is -1.09. The zero-order valence-corrected chi connectivity index (χ0v) is 31.6. The summed E-state index contributed by atoms with van der Waals surface area (Å²) in [6.45, 7) is 4.64. The number of nitrogens with zero attached hydrogens (tertiary/aromatic N) is 5. The van der Waals surface area contributed by atoms with E-state index in [1.165, 1.54) is 59.3 Å². The molecule has 1 aliphatic heterocycles. The van der Waals surface area contributed by atoms with Gasteiger partial charge in [-0.25, -0.2) is 4.98 Å². The van der Waals surface area contributed by atoms with E-state index in [1.54, 1.807) is 11.6 Å². The van der Waals surface area contributed by atoms with Gasteiger partial charge in [-0.05, 0) is 37.0 Å². The summed E-state index contributed by atoms with van der Waals surface area (Å²) in [5, 5.41) is 20.6. The van der Waals surface area contributed by atoms with Gasteiger partial charge in [0.1, 0.15) is 34.5 Å². The summed E-state index contributed by atoms with van der Waals surface area (Å²) in [5.41, 5.74) is 2.02. The van der Waals surface area contributed by atoms with E-state index in [4.69, 9.17) is 0 Å². The number of amides is 6. The van der Waals surface area contributed by atoms with Crippen LogP contribution in [0.3, 0.4) is 0 Å². The van der Waals surface area contributed by atoms with Crippen LogP contribution in [0.25, 0.3) is 10.9 Å². The molecule has 0 unspecified atom stereocenters. The lowest BCUT2D eigenvalue weighted by Crippen LogP contribution is -2.53. The molecule has 4 aromatic rings. The number of para-hydroxylation sites is 1. The zero-order valence-electron chi connectivity index (χ0n) is 30.8. The van der Waals surface area contributed by atoms with Gasteiger partial charge in [0.2, 0.25) is 23.6 Å². The molecule has 1 aliphatic rings. The number of likely N-dealkylation sites (N-methyl/N-ethyl adjacent to an activating group) is 2. The first-order valence-corrected chi connectivity index (χ1v) is 18.4. The Labute approximate surface area is 316 Å². The van der Waals surface area contributed by atoms with E-state index in [9.17, 15) is 34.0 Å². The number of carbonyl (C=O) groups excluding carboxylic acids is 6. The molecule has 0 spiro atoms. The van der Waals surface area contributed by atoms with Gasteiger partial charge in [-0.1, -0.05) is 32.0 Å². The topological polar surface area (TPSA) is 216 Å². The highest BCUT2D eigenvalue weighted by Crippen LogP contribution is 2.25. The van der Waals surface area contributed by atoms with E-state index in [0.717, 1.165) is 16.5 Å². The third-order valence-electron chi connectivity index (χ3n) is 9.05. The Balaban J connectivity index is 1.47. The Morgan fingerprint density at radius 3 is 2.41 bits per heavy atom. The summed E-state index contributed by atoms with van der Waals surface area (Å²) in [4.78, 5) is 95.7. The monoisotopic (exact) mass is 756 g/mol. The van der Waals surface area contributed by atoms with Gasteiger partial charge in [-0.3, -0.25) is 28.8 Å². The van der Waals surface area contributed by atoms with Gasteiger partial charge < -0.3 is 40.6 Å². The molecule has 0 saturated carbocycles. The average Bonchev–Trinajstić information content (AvgIpc) is 3.92. The van der Waals surface area contributed by atoms with E-state index in [1.807, 2.05) is 44.2 Å². The molecule has 6 amide bonds. The number of carbonyl (C=O) groups is 6. The lowest BCUT2D eigenvalue weighted by atomic mass is 10.0. The summed E-state index contributed by atoms with van der Waals surface area (Å²) < 4.78 is 0. The van der Waals surface area contributed by atoms with Crippen LogP contribution in [0.4, 0.5) is 0 Å². The Morgan fingerprint density at radius 2 is 1.69 bits per heavy atom. The smallest absolute Gasteiger partial charge is 0.271 e. The predicted octanol–water partition coefficient (Wildman–Crippen LogP) is 1.95. The van der Waals surface area contributed by atoms with Crippen LogP contribution in [-0.4, -0.2) is 117 Å². The van der Waals surface area contributed by atoms with Gasteiger partial charge in [0, 0.05) is 62.3 Å². The highest BCUT2D eigenvalue weighted by atomic mass is 32.1. The van der Waals surface area contributed by atoms with E-state index in [-0.39, 0.29) is 48.9 Å². The van der Waals surface area contributed by atoms with Crippen LogP contribution in [-0.2, 0) is 25.6 Å². The average molecular weight is 757 g/mol. The van der Waals surface area contributed by atoms with Crippen molar-refractivity contribution in [1.82, 2.24) is 45.6 Å². The molecule has 1 aromatic carbocycles. The molecule has 5 rings (SSSR count). The van der Waals surface area contributed by atoms with E-state index in [0.29, 0.717) is 11.4 Å². The zero-order chi connectivity index (χ0) is 39.1. The Hall–Kier alpha value is -6.02. The van der Waals surface area contributed by atoms with E-state index >= 15 is 0 Å². The molecule has 0 fully saturated rings. The molecule has 2 bridgehead atoms. The standard InChI is InChI=1S/C37H44N10O6S/c1-21(2)12-27-34-44-30(20-54-34)33(50)43-29(14-24-17-40-26-9-7-6-8-25(24)26)36(52)46(5)18-31(48)41-22(3)35(51)45(4)10-11-47(19-32(49)42-27)37(53)28-13-23(15-38)16-39-28/h6-9,13,16-17,20-22,27,29,39-40H,10-12,14,18-19H2,1-5H3,(H,41,48)(H,42,49)(H,43,50)/t22-,27-,29+/m0/s1. The van der Waals surface area contributed by atoms with E-state index < -0.39 is 60.1 Å². The fourth-order valence-electron chi connectivity index (χ4n) is 6.24. The van der Waals surface area contributed by atoms with Crippen molar-refractivity contribution in [3.63, 3.8) is 0 Å². The second kappa shape index (κ2) is 17.2. The Bertz CT molecular complexity index is 2080. The van der Waals surface area contributed by atoms with Gasteiger partial charge in [-0.15, -0.1) is 11.3 Å². The van der Waals surface area contributed by atoms with Gasteiger partial charge in [0.25, 0.3) is 11.8 Å². The quantitative estimate of drug-likeness (QED) is 0.202. The van der Waals surface area contributed by atoms with Crippen molar-refractivity contribution in [1.29, 1.82) is 5.26 Å². The number of benzene rings is 1. The maximum Gasteiger partial charge on any atom is 0.271 e. The van der Waals surface area contributed by atoms with Gasteiger partial charge >= 0.3 is 0 Å². The minimum Gasteiger partial charge on any atom is -0.361 e. The largest absolute Gasteiger partial charge is 0.361 e. The molecule has 4 heterocycles. The molecule has 5 N–H and O–H groups in total. The SMILES string of the molecule is CC(C)C[C@@H]1NC(=O)CN(C(=O)c2cc(C#N)c[nH]2)CCN(C)C(=O)[C@H](C)NC(=O)CN(C)C(=O)[C@@H](Cc2c[nH]c3ccccc23)NC(=O)c2csc1n2. The molecule has 17 heteroatoms. The number of hydrogen-bond donors (Lipinski definition) is 5. The molecule has 0 aliphatic carbocycles. The van der Waals surface area contributed by atoms with Crippen molar-refractivity contribution >= 4 is 57.7 Å². The molecule has 284 valence electrons. The summed E-state index contributed by atoms with van der Waals surface area (Å²) in [6.07, 6.45) is 3.74. The lowest BCUT2D eigenvalue weighted by Gasteiger charge is -2.28. The van der Waals surface area contributed by atoms with Crippen LogP contribution >= 0.6 is 11.3 Å². The molecular weight excluding hydrogens is 713 g/mol. The Kier molecular flexibility index (Phi) is 12.5. The number of rotatable bonds is 5. The number of fused-ring (bicyclic) bond motifs is 3. The van der Waals surface area contributed by atoms with E-state index in [2.05, 4.69) is 30.9 Å². The van der Waals surface area contributed by atoms with Crippen LogP contribution < -0.4 is 16.0 Å². The minimum absolute atomic E-state index is 0.0107. The first kappa shape index (κ1) is 39.2. The molecule has 0 radical (unpaired) electrons. The predicted molar refractivity (Wildman–Crippen MR) is 200 cm³/mol. The molecule has 16 nitrogen and oxygen atoms in total. The molecule has 3 aromatic heterocycles. The maximum atomic E-state index is 13.9. The number of aromatic amines is 2. The maximum absolute atomic E-state index is 13.9. The van der Waals surface area contributed by atoms with Crippen molar-refractivity contribution in [2.75, 3.05) is 40.3 Å². The van der Waals surface area contributed by atoms with Crippen LogP contribution in [0.2, 0.25) is 0 Å². The van der Waals surface area contributed by atoms with Crippen LogP contribution in [0, 0.1) is 17.2 Å². The number of thiazole rings is 1. The first-order valence-electron chi connectivity index (χ1n) is 17.5. The van der Waals surface area contributed by atoms with Gasteiger partial charge in [0.15, 0.2) is 0 Å². The van der Waals surface area contributed by atoms with Crippen molar-refractivity contribution in [3.05, 3.63) is 75.6 Å². The van der Waals surface area contributed by atoms with Gasteiger partial charge in [-0.2, -0.15) is 5.26 Å². The van der Waals surface area contributed by atoms with Crippen molar-refractivity contribution in [3.8, 4) is 6.07 Å². The van der Waals surface area contributed by atoms with Crippen molar-refractivity contribution in [2.45, 2.75) is 51.7 Å². The normalized spacial score (nSPS) is 20.0. The van der Waals surface area contributed by atoms with Crippen LogP contribution in [0.15, 0.2) is 48.1 Å². The highest BCUT2D eigenvalue weighted by Gasteiger charge is 2.31. The fourth-order valence-corrected chi connectivity index (χ4v) is 7.10. The highest BCUT2D eigenvalue weighted by molar-refractivity contribution is 7.09. The number of nitriles is 1. The summed E-state index contributed by atoms with van der Waals surface area (Å²) in [5.74, 6) is -3.16. The van der Waals surface area contributed by atoms with Crippen molar-refractivity contribution in [2.24, 2.45) is 5.92 Å². The molecule has 0 saturated heterocycles. The Morgan fingerprint density at radius 1 is 0.944 bits per heavy atom.